The number of anilines is 1. The number of benzene rings is 2. The lowest BCUT2D eigenvalue weighted by Crippen LogP contribution is -2.23. The number of amides is 1. The average molecular weight is 455 g/mol. The molecule has 0 saturated carbocycles. The van der Waals surface area contributed by atoms with Crippen molar-refractivity contribution in [2.24, 2.45) is 0 Å². The second kappa shape index (κ2) is 6.48. The first-order chi connectivity index (χ1) is 10.6. The topological polar surface area (TPSA) is 63.2 Å². The number of nitrogens with one attached hydrogen (secondary N) is 1. The standard InChI is InChI=1S/C14H9F3INO3S/c15-14(16,17)23(21,22)10-7-5-9(6-8-10)13(20)19-12-4-2-1-3-11(12)18/h1-8H,(H,19,20). The van der Waals surface area contributed by atoms with Crippen LogP contribution in [0, 0.1) is 3.57 Å². The highest BCUT2D eigenvalue weighted by atomic mass is 127. The zero-order valence-electron chi connectivity index (χ0n) is 11.3. The smallest absolute Gasteiger partial charge is 0.321 e. The summed E-state index contributed by atoms with van der Waals surface area (Å²) in [7, 11) is -5.42. The third-order valence-corrected chi connectivity index (χ3v) is 5.30. The van der Waals surface area contributed by atoms with Crippen LogP contribution < -0.4 is 5.32 Å². The molecule has 0 aliphatic heterocycles. The van der Waals surface area contributed by atoms with Gasteiger partial charge in [0.25, 0.3) is 15.7 Å². The van der Waals surface area contributed by atoms with Gasteiger partial charge in [-0.05, 0) is 59.0 Å². The van der Waals surface area contributed by atoms with Crippen LogP contribution in [0.2, 0.25) is 0 Å². The number of alkyl halides is 3. The Hall–Kier alpha value is -1.62. The van der Waals surface area contributed by atoms with E-state index in [0.717, 1.165) is 27.8 Å². The molecule has 1 N–H and O–H groups in total. The van der Waals surface area contributed by atoms with Crippen LogP contribution in [0.1, 0.15) is 10.4 Å². The predicted molar refractivity (Wildman–Crippen MR) is 86.8 cm³/mol. The van der Waals surface area contributed by atoms with Crippen LogP contribution in [-0.4, -0.2) is 19.8 Å². The minimum atomic E-state index is -5.42. The molecule has 1 amide bonds. The Morgan fingerprint density at radius 2 is 1.57 bits per heavy atom. The van der Waals surface area contributed by atoms with E-state index in [9.17, 15) is 26.4 Å². The molecule has 0 aromatic heterocycles. The fourth-order valence-electron chi connectivity index (χ4n) is 1.68. The maximum Gasteiger partial charge on any atom is 0.501 e. The van der Waals surface area contributed by atoms with Gasteiger partial charge in [0.05, 0.1) is 10.6 Å². The maximum atomic E-state index is 12.4. The molecule has 0 heterocycles. The molecular formula is C14H9F3INO3S. The number of halogens is 4. The number of para-hydroxylation sites is 1. The molecule has 23 heavy (non-hydrogen) atoms. The third kappa shape index (κ3) is 3.83. The lowest BCUT2D eigenvalue weighted by Gasteiger charge is -2.09. The third-order valence-electron chi connectivity index (χ3n) is 2.85. The van der Waals surface area contributed by atoms with E-state index in [1.807, 2.05) is 22.6 Å². The van der Waals surface area contributed by atoms with E-state index in [1.54, 1.807) is 24.3 Å². The molecule has 0 aliphatic carbocycles. The van der Waals surface area contributed by atoms with Crippen molar-refractivity contribution in [2.75, 3.05) is 5.32 Å². The van der Waals surface area contributed by atoms with Gasteiger partial charge in [-0.2, -0.15) is 13.2 Å². The molecular weight excluding hydrogens is 446 g/mol. The quantitative estimate of drug-likeness (QED) is 0.716. The van der Waals surface area contributed by atoms with E-state index in [0.29, 0.717) is 5.69 Å². The van der Waals surface area contributed by atoms with Gasteiger partial charge in [-0.25, -0.2) is 8.42 Å². The van der Waals surface area contributed by atoms with Crippen molar-refractivity contribution in [3.63, 3.8) is 0 Å². The van der Waals surface area contributed by atoms with Gasteiger partial charge in [0.1, 0.15) is 0 Å². The normalized spacial score (nSPS) is 12.0. The van der Waals surface area contributed by atoms with E-state index in [1.165, 1.54) is 0 Å². The second-order valence-corrected chi connectivity index (χ2v) is 7.51. The molecule has 4 nitrogen and oxygen atoms in total. The summed E-state index contributed by atoms with van der Waals surface area (Å²) in [6, 6.07) is 10.5. The van der Waals surface area contributed by atoms with Crippen LogP contribution >= 0.6 is 22.6 Å². The van der Waals surface area contributed by atoms with Crippen molar-refractivity contribution in [1.82, 2.24) is 0 Å². The van der Waals surface area contributed by atoms with Crippen LogP contribution in [0.3, 0.4) is 0 Å². The second-order valence-electron chi connectivity index (χ2n) is 4.41. The van der Waals surface area contributed by atoms with Gasteiger partial charge < -0.3 is 5.32 Å². The van der Waals surface area contributed by atoms with Gasteiger partial charge in [0, 0.05) is 9.13 Å². The Bertz CT molecular complexity index is 833. The summed E-state index contributed by atoms with van der Waals surface area (Å²) >= 11 is 2.02. The summed E-state index contributed by atoms with van der Waals surface area (Å²) in [4.78, 5) is 11.1. The van der Waals surface area contributed by atoms with E-state index in [2.05, 4.69) is 5.32 Å². The molecule has 0 bridgehead atoms. The van der Waals surface area contributed by atoms with Crippen molar-refractivity contribution in [2.45, 2.75) is 10.4 Å². The molecule has 0 fully saturated rings. The largest absolute Gasteiger partial charge is 0.501 e. The molecule has 9 heteroatoms. The fourth-order valence-corrected chi connectivity index (χ4v) is 2.96. The summed E-state index contributed by atoms with van der Waals surface area (Å²) in [6.45, 7) is 0. The predicted octanol–water partition coefficient (Wildman–Crippen LogP) is 3.84. The molecule has 0 spiro atoms. The van der Waals surface area contributed by atoms with Crippen molar-refractivity contribution < 1.29 is 26.4 Å². The van der Waals surface area contributed by atoms with Crippen molar-refractivity contribution >= 4 is 44.0 Å². The van der Waals surface area contributed by atoms with Crippen LogP contribution in [-0.2, 0) is 9.84 Å². The van der Waals surface area contributed by atoms with Gasteiger partial charge in [-0.15, -0.1) is 0 Å². The first kappa shape index (κ1) is 17.7. The number of carbonyl (C=O) groups excluding carboxylic acids is 1. The van der Waals surface area contributed by atoms with E-state index >= 15 is 0 Å². The highest BCUT2D eigenvalue weighted by molar-refractivity contribution is 14.1. The molecule has 0 atom stereocenters. The summed E-state index contributed by atoms with van der Waals surface area (Å²) in [5.74, 6) is -0.551. The van der Waals surface area contributed by atoms with E-state index in [4.69, 9.17) is 0 Å². The van der Waals surface area contributed by atoms with Crippen LogP contribution in [0.4, 0.5) is 18.9 Å². The van der Waals surface area contributed by atoms with Gasteiger partial charge in [-0.3, -0.25) is 4.79 Å². The van der Waals surface area contributed by atoms with Gasteiger partial charge in [-0.1, -0.05) is 12.1 Å². The van der Waals surface area contributed by atoms with E-state index in [-0.39, 0.29) is 5.56 Å². The van der Waals surface area contributed by atoms with Crippen molar-refractivity contribution in [1.29, 1.82) is 0 Å². The van der Waals surface area contributed by atoms with Crippen LogP contribution in [0.5, 0.6) is 0 Å². The molecule has 2 rings (SSSR count). The summed E-state index contributed by atoms with van der Waals surface area (Å²) in [5, 5.41) is 2.60. The Morgan fingerprint density at radius 1 is 1.00 bits per heavy atom. The Labute approximate surface area is 143 Å². The van der Waals surface area contributed by atoms with Gasteiger partial charge >= 0.3 is 5.51 Å². The Balaban J connectivity index is 2.24. The molecule has 0 unspecified atom stereocenters. The highest BCUT2D eigenvalue weighted by Gasteiger charge is 2.46. The first-order valence-corrected chi connectivity index (χ1v) is 8.66. The molecule has 0 saturated heterocycles. The zero-order valence-corrected chi connectivity index (χ0v) is 14.2. The summed E-state index contributed by atoms with van der Waals surface area (Å²) in [5.41, 5.74) is -4.78. The molecule has 2 aromatic rings. The number of hydrogen-bond donors (Lipinski definition) is 1. The van der Waals surface area contributed by atoms with Gasteiger partial charge in [0.15, 0.2) is 0 Å². The lowest BCUT2D eigenvalue weighted by molar-refractivity contribution is -0.0436. The van der Waals surface area contributed by atoms with Crippen LogP contribution in [0.15, 0.2) is 53.4 Å². The number of sulfone groups is 1. The zero-order chi connectivity index (χ0) is 17.3. The highest BCUT2D eigenvalue weighted by Crippen LogP contribution is 2.30. The summed E-state index contributed by atoms with van der Waals surface area (Å²) in [6.07, 6.45) is 0. The monoisotopic (exact) mass is 455 g/mol. The number of rotatable bonds is 3. The molecule has 0 radical (unpaired) electrons. The minimum Gasteiger partial charge on any atom is -0.321 e. The molecule has 0 aliphatic rings. The molecule has 122 valence electrons. The number of carbonyl (C=O) groups is 1. The Kier molecular flexibility index (Phi) is 4.99. The lowest BCUT2D eigenvalue weighted by atomic mass is 10.2. The minimum absolute atomic E-state index is 0.0470. The van der Waals surface area contributed by atoms with Crippen molar-refractivity contribution in [3.05, 3.63) is 57.7 Å². The SMILES string of the molecule is O=C(Nc1ccccc1I)c1ccc(S(=O)(=O)C(F)(F)F)cc1. The molecule has 2 aromatic carbocycles. The van der Waals surface area contributed by atoms with Crippen LogP contribution in [0.25, 0.3) is 0 Å². The average Bonchev–Trinajstić information content (AvgIpc) is 2.48. The number of hydrogen-bond acceptors (Lipinski definition) is 3. The van der Waals surface area contributed by atoms with Crippen molar-refractivity contribution in [3.8, 4) is 0 Å². The summed E-state index contributed by atoms with van der Waals surface area (Å²) < 4.78 is 60.6. The first-order valence-electron chi connectivity index (χ1n) is 6.10. The van der Waals surface area contributed by atoms with E-state index < -0.39 is 26.1 Å². The fraction of sp³-hybridized carbons (Fsp3) is 0.0714. The van der Waals surface area contributed by atoms with Gasteiger partial charge in [0.2, 0.25) is 0 Å². The Morgan fingerprint density at radius 3 is 2.09 bits per heavy atom. The maximum absolute atomic E-state index is 12.4.